The van der Waals surface area contributed by atoms with Crippen LogP contribution in [0, 0.1) is 5.92 Å². The Morgan fingerprint density at radius 3 is 1.42 bits per heavy atom. The minimum absolute atomic E-state index is 1.34. The fraction of sp³-hybridized carbons (Fsp3) is 1.00. The lowest BCUT2D eigenvalue weighted by Gasteiger charge is -2.21. The summed E-state index contributed by atoms with van der Waals surface area (Å²) in [5.41, 5.74) is 1.34. The molecule has 12 heavy (non-hydrogen) atoms. The molecule has 0 aliphatic rings. The molecule has 3 N–H and O–H groups in total. The average molecular weight is 196 g/mol. The minimum atomic E-state index is -5.31. The zero-order chi connectivity index (χ0) is 9.99. The summed E-state index contributed by atoms with van der Waals surface area (Å²) in [5, 5.41) is 0. The first kappa shape index (κ1) is 11.5. The molecule has 0 amide bonds. The molecule has 0 fully saturated rings. The first-order chi connectivity index (χ1) is 5.19. The summed E-state index contributed by atoms with van der Waals surface area (Å²) in [6, 6.07) is 0. The van der Waals surface area contributed by atoms with Crippen molar-refractivity contribution in [2.75, 3.05) is 6.54 Å². The molecule has 0 aromatic heterocycles. The summed E-state index contributed by atoms with van der Waals surface area (Å²) in [7, 11) is 0. The number of hydrazine groups is 1. The van der Waals surface area contributed by atoms with Crippen molar-refractivity contribution in [1.29, 1.82) is 0 Å². The molecule has 0 aromatic carbocycles. The van der Waals surface area contributed by atoms with Crippen LogP contribution in [0.5, 0.6) is 0 Å². The fourth-order valence-electron chi connectivity index (χ4n) is 0.535. The van der Waals surface area contributed by atoms with Crippen molar-refractivity contribution < 1.29 is 26.3 Å². The molecule has 0 rings (SSSR count). The Kier molecular flexibility index (Phi) is 3.34. The third-order valence-corrected chi connectivity index (χ3v) is 1.11. The van der Waals surface area contributed by atoms with Crippen molar-refractivity contribution in [3.8, 4) is 0 Å². The van der Waals surface area contributed by atoms with Crippen molar-refractivity contribution in [2.45, 2.75) is 12.4 Å². The number of rotatable bonds is 2. The van der Waals surface area contributed by atoms with Crippen LogP contribution in [0.1, 0.15) is 0 Å². The molecule has 74 valence electrons. The Labute approximate surface area is 63.7 Å². The van der Waals surface area contributed by atoms with Crippen LogP contribution in [-0.2, 0) is 0 Å². The summed E-state index contributed by atoms with van der Waals surface area (Å²) in [6.45, 7) is -1.37. The first-order valence-electron chi connectivity index (χ1n) is 2.76. The van der Waals surface area contributed by atoms with Gasteiger partial charge in [-0.1, -0.05) is 0 Å². The molecule has 0 radical (unpaired) electrons. The molecule has 0 heterocycles. The van der Waals surface area contributed by atoms with Gasteiger partial charge in [0, 0.05) is 6.54 Å². The number of hydrogen-bond acceptors (Lipinski definition) is 2. The van der Waals surface area contributed by atoms with Crippen LogP contribution in [0.2, 0.25) is 0 Å². The quantitative estimate of drug-likeness (QED) is 0.395. The number of alkyl halides is 6. The zero-order valence-corrected chi connectivity index (χ0v) is 5.63. The van der Waals surface area contributed by atoms with Crippen molar-refractivity contribution in [3.05, 3.63) is 0 Å². The van der Waals surface area contributed by atoms with E-state index in [4.69, 9.17) is 0 Å². The summed E-state index contributed by atoms with van der Waals surface area (Å²) >= 11 is 0. The molecule has 0 bridgehead atoms. The van der Waals surface area contributed by atoms with E-state index in [0.717, 1.165) is 0 Å². The van der Waals surface area contributed by atoms with Crippen LogP contribution < -0.4 is 11.3 Å². The van der Waals surface area contributed by atoms with Crippen molar-refractivity contribution in [2.24, 2.45) is 11.8 Å². The van der Waals surface area contributed by atoms with E-state index in [-0.39, 0.29) is 0 Å². The van der Waals surface area contributed by atoms with Crippen molar-refractivity contribution >= 4 is 0 Å². The maximum Gasteiger partial charge on any atom is 0.401 e. The zero-order valence-electron chi connectivity index (χ0n) is 5.63. The molecule has 2 nitrogen and oxygen atoms in total. The van der Waals surface area contributed by atoms with E-state index in [2.05, 4.69) is 5.84 Å². The van der Waals surface area contributed by atoms with Crippen molar-refractivity contribution in [3.63, 3.8) is 0 Å². The topological polar surface area (TPSA) is 38.0 Å². The van der Waals surface area contributed by atoms with Gasteiger partial charge in [-0.25, -0.2) is 0 Å². The van der Waals surface area contributed by atoms with Gasteiger partial charge in [0.1, 0.15) is 0 Å². The van der Waals surface area contributed by atoms with Gasteiger partial charge >= 0.3 is 12.4 Å². The molecular weight excluding hydrogens is 190 g/mol. The smallest absolute Gasteiger partial charge is 0.271 e. The second-order valence-electron chi connectivity index (χ2n) is 2.04. The van der Waals surface area contributed by atoms with E-state index in [1.165, 1.54) is 5.43 Å². The van der Waals surface area contributed by atoms with E-state index < -0.39 is 24.8 Å². The minimum Gasteiger partial charge on any atom is -0.271 e. The van der Waals surface area contributed by atoms with Gasteiger partial charge in [0.25, 0.3) is 0 Å². The van der Waals surface area contributed by atoms with Gasteiger partial charge in [-0.2, -0.15) is 26.3 Å². The van der Waals surface area contributed by atoms with Crippen LogP contribution >= 0.6 is 0 Å². The fourth-order valence-corrected chi connectivity index (χ4v) is 0.535. The highest BCUT2D eigenvalue weighted by Crippen LogP contribution is 2.38. The van der Waals surface area contributed by atoms with Gasteiger partial charge in [-0.05, 0) is 0 Å². The maximum atomic E-state index is 11.6. The highest BCUT2D eigenvalue weighted by molar-refractivity contribution is 4.76. The lowest BCUT2D eigenvalue weighted by atomic mass is 10.1. The van der Waals surface area contributed by atoms with Crippen molar-refractivity contribution in [1.82, 2.24) is 5.43 Å². The highest BCUT2D eigenvalue weighted by Gasteiger charge is 2.56. The average Bonchev–Trinajstić information content (AvgIpc) is 1.77. The molecule has 0 unspecified atom stereocenters. The molecule has 0 saturated heterocycles. The molecular formula is C4H6F6N2. The Balaban J connectivity index is 4.45. The van der Waals surface area contributed by atoms with E-state index in [1.54, 1.807) is 0 Å². The van der Waals surface area contributed by atoms with Crippen LogP contribution in [0.3, 0.4) is 0 Å². The number of nitrogens with one attached hydrogen (secondary N) is 1. The second kappa shape index (κ2) is 3.48. The SMILES string of the molecule is NNCC(C(F)(F)F)C(F)(F)F. The van der Waals surface area contributed by atoms with Gasteiger partial charge in [0.05, 0.1) is 0 Å². The van der Waals surface area contributed by atoms with Gasteiger partial charge in [-0.15, -0.1) is 0 Å². The molecule has 0 aliphatic heterocycles. The van der Waals surface area contributed by atoms with Crippen LogP contribution in [0.15, 0.2) is 0 Å². The number of nitrogens with two attached hydrogens (primary N) is 1. The summed E-state index contributed by atoms with van der Waals surface area (Å²) in [4.78, 5) is 0. The summed E-state index contributed by atoms with van der Waals surface area (Å²) < 4.78 is 69.5. The molecule has 0 aliphatic carbocycles. The Hall–Kier alpha value is -0.500. The van der Waals surface area contributed by atoms with Gasteiger partial charge < -0.3 is 0 Å². The summed E-state index contributed by atoms with van der Waals surface area (Å²) in [6.07, 6.45) is -10.6. The molecule has 0 saturated carbocycles. The van der Waals surface area contributed by atoms with Crippen LogP contribution in [0.4, 0.5) is 26.3 Å². The number of hydrogen-bond donors (Lipinski definition) is 2. The third kappa shape index (κ3) is 3.26. The standard InChI is InChI=1S/C4H6F6N2/c5-3(6,7)2(1-12-11)4(8,9)10/h2,12H,1,11H2. The molecule has 8 heteroatoms. The first-order valence-corrected chi connectivity index (χ1v) is 2.76. The van der Waals surface area contributed by atoms with E-state index in [9.17, 15) is 26.3 Å². The number of halogens is 6. The van der Waals surface area contributed by atoms with E-state index >= 15 is 0 Å². The van der Waals surface area contributed by atoms with Crippen LogP contribution in [-0.4, -0.2) is 18.9 Å². The molecule has 0 atom stereocenters. The maximum absolute atomic E-state index is 11.6. The van der Waals surface area contributed by atoms with Gasteiger partial charge in [-0.3, -0.25) is 11.3 Å². The lowest BCUT2D eigenvalue weighted by molar-refractivity contribution is -0.282. The van der Waals surface area contributed by atoms with Crippen LogP contribution in [0.25, 0.3) is 0 Å². The van der Waals surface area contributed by atoms with Gasteiger partial charge in [0.15, 0.2) is 5.92 Å². The Morgan fingerprint density at radius 2 is 1.33 bits per heavy atom. The second-order valence-corrected chi connectivity index (χ2v) is 2.04. The Bertz CT molecular complexity index is 123. The monoisotopic (exact) mass is 196 g/mol. The molecule has 0 spiro atoms. The largest absolute Gasteiger partial charge is 0.401 e. The Morgan fingerprint density at radius 1 is 1.00 bits per heavy atom. The van der Waals surface area contributed by atoms with Gasteiger partial charge in [0.2, 0.25) is 0 Å². The molecule has 0 aromatic rings. The predicted octanol–water partition coefficient (Wildman–Crippen LogP) is 1.19. The third-order valence-electron chi connectivity index (χ3n) is 1.11. The van der Waals surface area contributed by atoms with E-state index in [1.807, 2.05) is 0 Å². The lowest BCUT2D eigenvalue weighted by Crippen LogP contribution is -2.45. The van der Waals surface area contributed by atoms with E-state index in [0.29, 0.717) is 0 Å². The predicted molar refractivity (Wildman–Crippen MR) is 27.8 cm³/mol. The highest BCUT2D eigenvalue weighted by atomic mass is 19.4. The summed E-state index contributed by atoms with van der Waals surface area (Å²) in [5.74, 6) is 0.965. The normalized spacial score (nSPS) is 14.0.